The lowest BCUT2D eigenvalue weighted by Gasteiger charge is -2.28. The molecule has 8 nitrogen and oxygen atoms in total. The Balaban J connectivity index is 1.36. The molecule has 0 amide bonds. The lowest BCUT2D eigenvalue weighted by Crippen LogP contribution is -2.38. The van der Waals surface area contributed by atoms with Crippen LogP contribution in [0, 0.1) is 0 Å². The van der Waals surface area contributed by atoms with Crippen molar-refractivity contribution in [2.75, 3.05) is 11.4 Å². The minimum absolute atomic E-state index is 0.143. The Bertz CT molecular complexity index is 1670. The first-order valence-corrected chi connectivity index (χ1v) is 11.9. The van der Waals surface area contributed by atoms with E-state index in [9.17, 15) is 18.0 Å². The Labute approximate surface area is 214 Å². The molecule has 0 saturated carbocycles. The van der Waals surface area contributed by atoms with Gasteiger partial charge in [-0.25, -0.2) is 14.5 Å². The third-order valence-corrected chi connectivity index (χ3v) is 6.38. The second-order valence-electron chi connectivity index (χ2n) is 8.87. The third-order valence-electron chi connectivity index (χ3n) is 6.38. The number of hydrogen-bond acceptors (Lipinski definition) is 6. The van der Waals surface area contributed by atoms with Gasteiger partial charge in [0.25, 0.3) is 5.56 Å². The van der Waals surface area contributed by atoms with Crippen molar-refractivity contribution in [1.29, 1.82) is 0 Å². The predicted octanol–water partition coefficient (Wildman–Crippen LogP) is 4.66. The van der Waals surface area contributed by atoms with Gasteiger partial charge in [0, 0.05) is 19.2 Å². The van der Waals surface area contributed by atoms with E-state index in [0.717, 1.165) is 12.1 Å². The summed E-state index contributed by atoms with van der Waals surface area (Å²) in [5.41, 5.74) is 2.05. The number of rotatable bonds is 5. The van der Waals surface area contributed by atoms with Crippen molar-refractivity contribution >= 4 is 17.0 Å². The molecule has 0 fully saturated rings. The Morgan fingerprint density at radius 3 is 2.58 bits per heavy atom. The van der Waals surface area contributed by atoms with Gasteiger partial charge in [-0.05, 0) is 42.5 Å². The van der Waals surface area contributed by atoms with E-state index >= 15 is 0 Å². The van der Waals surface area contributed by atoms with Crippen LogP contribution in [0.3, 0.4) is 0 Å². The Morgan fingerprint density at radius 1 is 1.00 bits per heavy atom. The second-order valence-corrected chi connectivity index (χ2v) is 8.87. The first-order chi connectivity index (χ1) is 18.4. The summed E-state index contributed by atoms with van der Waals surface area (Å²) in [4.78, 5) is 32.0. The SMILES string of the molecule is O=c1c2c(nc(OCc3ccccn3)n1-c1ccccc1)CCN(c1nc3ccc(C(F)(F)F)cc3[nH]1)C2. The molecule has 0 atom stereocenters. The standard InChI is InChI=1S/C27H21F3N6O2/c28-27(29,30)17-9-10-22-23(14-17)33-25(32-22)35-13-11-21-20(15-35)24(37)36(19-7-2-1-3-8-19)26(34-21)38-16-18-6-4-5-12-31-18/h1-10,12,14H,11,13,15-16H2,(H,32,33). The average molecular weight is 518 g/mol. The molecule has 1 aliphatic rings. The molecule has 1 N–H and O–H groups in total. The maximum atomic E-state index is 13.8. The second kappa shape index (κ2) is 9.33. The summed E-state index contributed by atoms with van der Waals surface area (Å²) in [6.45, 7) is 0.810. The van der Waals surface area contributed by atoms with Gasteiger partial charge in [0.05, 0.1) is 45.8 Å². The summed E-state index contributed by atoms with van der Waals surface area (Å²) in [5.74, 6) is 0.395. The molecule has 0 saturated heterocycles. The number of nitrogens with one attached hydrogen (secondary N) is 1. The molecule has 6 rings (SSSR count). The quantitative estimate of drug-likeness (QED) is 0.364. The molecular formula is C27H21F3N6O2. The number of fused-ring (bicyclic) bond motifs is 2. The first-order valence-electron chi connectivity index (χ1n) is 11.9. The molecule has 0 unspecified atom stereocenters. The van der Waals surface area contributed by atoms with E-state index in [1.165, 1.54) is 10.6 Å². The number of para-hydroxylation sites is 1. The number of H-pyrrole nitrogens is 1. The van der Waals surface area contributed by atoms with Crippen LogP contribution in [0.2, 0.25) is 0 Å². The number of imidazole rings is 1. The molecule has 0 bridgehead atoms. The molecule has 11 heteroatoms. The zero-order chi connectivity index (χ0) is 26.3. The number of benzene rings is 2. The summed E-state index contributed by atoms with van der Waals surface area (Å²) >= 11 is 0. The lowest BCUT2D eigenvalue weighted by molar-refractivity contribution is -0.137. The molecular weight excluding hydrogens is 497 g/mol. The number of hydrogen-bond donors (Lipinski definition) is 1. The highest BCUT2D eigenvalue weighted by molar-refractivity contribution is 5.78. The zero-order valence-electron chi connectivity index (χ0n) is 19.9. The highest BCUT2D eigenvalue weighted by Gasteiger charge is 2.31. The van der Waals surface area contributed by atoms with E-state index in [-0.39, 0.29) is 30.2 Å². The van der Waals surface area contributed by atoms with Gasteiger partial charge < -0.3 is 14.6 Å². The van der Waals surface area contributed by atoms with Crippen LogP contribution in [0.15, 0.2) is 77.7 Å². The van der Waals surface area contributed by atoms with Crippen molar-refractivity contribution in [1.82, 2.24) is 24.5 Å². The summed E-state index contributed by atoms with van der Waals surface area (Å²) in [6.07, 6.45) is -2.35. The molecule has 4 heterocycles. The fourth-order valence-electron chi connectivity index (χ4n) is 4.48. The molecule has 38 heavy (non-hydrogen) atoms. The van der Waals surface area contributed by atoms with E-state index < -0.39 is 11.7 Å². The summed E-state index contributed by atoms with van der Waals surface area (Å²) in [7, 11) is 0. The Morgan fingerprint density at radius 2 is 1.82 bits per heavy atom. The van der Waals surface area contributed by atoms with Gasteiger partial charge >= 0.3 is 12.2 Å². The van der Waals surface area contributed by atoms with Crippen LogP contribution in [-0.4, -0.2) is 31.0 Å². The number of anilines is 1. The summed E-state index contributed by atoms with van der Waals surface area (Å²) in [5, 5.41) is 0. The van der Waals surface area contributed by atoms with Crippen molar-refractivity contribution < 1.29 is 17.9 Å². The van der Waals surface area contributed by atoms with Gasteiger partial charge in [-0.15, -0.1) is 0 Å². The van der Waals surface area contributed by atoms with Crippen LogP contribution in [0.5, 0.6) is 6.01 Å². The number of pyridine rings is 1. The van der Waals surface area contributed by atoms with Crippen molar-refractivity contribution in [3.63, 3.8) is 0 Å². The maximum absolute atomic E-state index is 13.8. The maximum Gasteiger partial charge on any atom is 0.416 e. The number of alkyl halides is 3. The summed E-state index contributed by atoms with van der Waals surface area (Å²) in [6, 6.07) is 18.1. The Hall–Kier alpha value is -4.67. The molecule has 3 aromatic heterocycles. The topological polar surface area (TPSA) is 88.9 Å². The van der Waals surface area contributed by atoms with Gasteiger partial charge in [0.2, 0.25) is 5.95 Å². The molecule has 1 aliphatic heterocycles. The van der Waals surface area contributed by atoms with Crippen molar-refractivity contribution in [3.05, 3.63) is 106 Å². The molecule has 0 spiro atoms. The van der Waals surface area contributed by atoms with Gasteiger partial charge in [-0.2, -0.15) is 13.2 Å². The van der Waals surface area contributed by atoms with Crippen molar-refractivity contribution in [2.24, 2.45) is 0 Å². The highest BCUT2D eigenvalue weighted by Crippen LogP contribution is 2.32. The van der Waals surface area contributed by atoms with Crippen LogP contribution in [0.1, 0.15) is 22.5 Å². The van der Waals surface area contributed by atoms with Crippen LogP contribution in [-0.2, 0) is 25.7 Å². The molecule has 0 radical (unpaired) electrons. The largest absolute Gasteiger partial charge is 0.458 e. The monoisotopic (exact) mass is 518 g/mol. The van der Waals surface area contributed by atoms with Gasteiger partial charge in [0.15, 0.2) is 0 Å². The normalized spacial score (nSPS) is 13.5. The molecule has 0 aliphatic carbocycles. The van der Waals surface area contributed by atoms with E-state index in [0.29, 0.717) is 47.1 Å². The minimum Gasteiger partial charge on any atom is -0.458 e. The molecule has 2 aromatic carbocycles. The number of ether oxygens (including phenoxy) is 1. The number of halogens is 3. The zero-order valence-corrected chi connectivity index (χ0v) is 19.9. The van der Waals surface area contributed by atoms with E-state index in [1.54, 1.807) is 18.3 Å². The van der Waals surface area contributed by atoms with Gasteiger partial charge in [-0.3, -0.25) is 9.78 Å². The fourth-order valence-corrected chi connectivity index (χ4v) is 4.48. The van der Waals surface area contributed by atoms with Gasteiger partial charge in [0.1, 0.15) is 6.61 Å². The first kappa shape index (κ1) is 23.7. The number of aromatic nitrogens is 5. The lowest BCUT2D eigenvalue weighted by atomic mass is 10.1. The van der Waals surface area contributed by atoms with Crippen molar-refractivity contribution in [3.8, 4) is 11.7 Å². The summed E-state index contributed by atoms with van der Waals surface area (Å²) < 4.78 is 46.8. The third kappa shape index (κ3) is 4.47. The van der Waals surface area contributed by atoms with E-state index in [1.807, 2.05) is 41.3 Å². The van der Waals surface area contributed by atoms with Crippen LogP contribution >= 0.6 is 0 Å². The smallest absolute Gasteiger partial charge is 0.416 e. The highest BCUT2D eigenvalue weighted by atomic mass is 19.4. The average Bonchev–Trinajstić information content (AvgIpc) is 3.36. The molecule has 5 aromatic rings. The number of nitrogens with zero attached hydrogens (tertiary/aromatic N) is 5. The van der Waals surface area contributed by atoms with E-state index in [4.69, 9.17) is 9.72 Å². The minimum atomic E-state index is -4.45. The van der Waals surface area contributed by atoms with Gasteiger partial charge in [-0.1, -0.05) is 24.3 Å². The van der Waals surface area contributed by atoms with Crippen LogP contribution in [0.25, 0.3) is 16.7 Å². The van der Waals surface area contributed by atoms with Crippen LogP contribution < -0.4 is 15.2 Å². The number of aromatic amines is 1. The predicted molar refractivity (Wildman–Crippen MR) is 134 cm³/mol. The van der Waals surface area contributed by atoms with Crippen molar-refractivity contribution in [2.45, 2.75) is 25.7 Å². The Kier molecular flexibility index (Phi) is 5.82. The van der Waals surface area contributed by atoms with E-state index in [2.05, 4.69) is 15.0 Å². The fraction of sp³-hybridized carbons (Fsp3) is 0.185. The molecule has 192 valence electrons. The van der Waals surface area contributed by atoms with Crippen LogP contribution in [0.4, 0.5) is 19.1 Å².